The molecule has 0 aromatic heterocycles. The van der Waals surface area contributed by atoms with Crippen molar-refractivity contribution in [3.8, 4) is 0 Å². The van der Waals surface area contributed by atoms with Crippen molar-refractivity contribution < 1.29 is 23.2 Å². The van der Waals surface area contributed by atoms with E-state index >= 15 is 0 Å². The molecule has 0 amide bonds. The van der Waals surface area contributed by atoms with Crippen molar-refractivity contribution >= 4 is 9.82 Å². The number of nitrogens with two attached hydrogens (primary N) is 1. The first-order chi connectivity index (χ1) is 2.00. The molecular formula is H3MoNOS. The third-order valence-corrected chi connectivity index (χ3v) is 0. The van der Waals surface area contributed by atoms with Crippen LogP contribution in [-0.2, 0) is 18.0 Å². The van der Waals surface area contributed by atoms with Crippen LogP contribution in [0.1, 0.15) is 0 Å². The number of hydrogen-bond donors (Lipinski definition) is 2. The molecule has 4 heteroatoms. The molecule has 0 spiro atoms. The summed E-state index contributed by atoms with van der Waals surface area (Å²) in [6, 6.07) is 0. The molecule has 26 valence electrons. The summed E-state index contributed by atoms with van der Waals surface area (Å²) in [7, 11) is 4.09. The second-order valence-electron chi connectivity index (χ2n) is 0. The van der Waals surface area contributed by atoms with Gasteiger partial charge in [-0.1, -0.05) is 0 Å². The normalized spacial score (nSPS) is 2.50. The molecule has 2 nitrogen and oxygen atoms in total. The van der Waals surface area contributed by atoms with Gasteiger partial charge < -0.3 is 5.21 Å². The van der Waals surface area contributed by atoms with Gasteiger partial charge in [0.1, 0.15) is 0 Å². The fourth-order valence-corrected chi connectivity index (χ4v) is 0. The van der Waals surface area contributed by atoms with Gasteiger partial charge in [-0.15, -0.1) is 0 Å². The topological polar surface area (TPSA) is 46.2 Å². The average Bonchev–Trinajstić information content (AvgIpc) is 1.50. The molecule has 0 aliphatic rings. The fourth-order valence-electron chi connectivity index (χ4n) is 0. The molecule has 0 heterocycles. The average molecular weight is 161 g/mol. The van der Waals surface area contributed by atoms with E-state index in [-0.39, 0.29) is 0 Å². The van der Waals surface area contributed by atoms with Crippen LogP contribution in [0.4, 0.5) is 0 Å². The minimum atomic E-state index is 1.53. The molecule has 0 radical (unpaired) electrons. The molecule has 0 aliphatic heterocycles. The molecule has 0 aliphatic carbocycles. The zero-order valence-electron chi connectivity index (χ0n) is 1.84. The zero-order chi connectivity index (χ0) is 4.00. The van der Waals surface area contributed by atoms with Crippen LogP contribution in [0.2, 0.25) is 0 Å². The van der Waals surface area contributed by atoms with Crippen LogP contribution < -0.4 is 5.90 Å². The second kappa shape index (κ2) is 44.6. The molecule has 0 atom stereocenters. The van der Waals surface area contributed by atoms with Crippen LogP contribution in [0.5, 0.6) is 0 Å². The molecule has 3 N–H and O–H groups in total. The molecule has 0 bridgehead atoms. The Kier molecular flexibility index (Phi) is 98.7. The molecule has 0 unspecified atom stereocenters. The standard InChI is InChI=1S/Mo.H3NO.S/c;1-2;/h;2H,1H2;. The van der Waals surface area contributed by atoms with Gasteiger partial charge in [0.05, 0.1) is 0 Å². The van der Waals surface area contributed by atoms with Gasteiger partial charge in [0, 0.05) is 0 Å². The SMILES string of the molecule is NO.[S]=[Mo]. The van der Waals surface area contributed by atoms with Gasteiger partial charge >= 0.3 is 27.8 Å². The van der Waals surface area contributed by atoms with E-state index in [0.29, 0.717) is 0 Å². The maximum atomic E-state index is 6.50. The monoisotopic (exact) mass is 163 g/mol. The van der Waals surface area contributed by atoms with Crippen molar-refractivity contribution in [2.45, 2.75) is 0 Å². The third-order valence-electron chi connectivity index (χ3n) is 0. The van der Waals surface area contributed by atoms with Gasteiger partial charge in [0.2, 0.25) is 0 Å². The molecular weight excluding hydrogens is 158 g/mol. The molecule has 0 aromatic rings. The van der Waals surface area contributed by atoms with Crippen LogP contribution in [0.25, 0.3) is 0 Å². The van der Waals surface area contributed by atoms with E-state index in [2.05, 4.69) is 15.7 Å². The van der Waals surface area contributed by atoms with Crippen LogP contribution in [0.3, 0.4) is 0 Å². The Morgan fingerprint density at radius 3 is 1.50 bits per heavy atom. The van der Waals surface area contributed by atoms with Crippen molar-refractivity contribution in [1.82, 2.24) is 0 Å². The Bertz CT molecular complexity index is 8.00. The number of hydrogen-bond acceptors (Lipinski definition) is 3. The van der Waals surface area contributed by atoms with Crippen LogP contribution in [0.15, 0.2) is 0 Å². The van der Waals surface area contributed by atoms with Crippen LogP contribution in [0, 0.1) is 0 Å². The summed E-state index contributed by atoms with van der Waals surface area (Å²) in [5.41, 5.74) is 0. The minimum absolute atomic E-state index is 1.53. The first-order valence-electron chi connectivity index (χ1n) is 0.425. The summed E-state index contributed by atoms with van der Waals surface area (Å²) in [6.45, 7) is 0. The predicted octanol–water partition coefficient (Wildman–Crippen LogP) is -0.0200. The quantitative estimate of drug-likeness (QED) is 0.387. The Balaban J connectivity index is 0. The summed E-state index contributed by atoms with van der Waals surface area (Å²) >= 11 is 1.53. The molecule has 0 saturated carbocycles. The maximum absolute atomic E-state index is 6.50. The summed E-state index contributed by atoms with van der Waals surface area (Å²) in [5.74, 6) is 3.50. The van der Waals surface area contributed by atoms with Gasteiger partial charge in [-0.25, -0.2) is 5.90 Å². The van der Waals surface area contributed by atoms with Crippen LogP contribution >= 0.6 is 9.82 Å². The summed E-state index contributed by atoms with van der Waals surface area (Å²) < 4.78 is 0. The van der Waals surface area contributed by atoms with Crippen molar-refractivity contribution in [2.24, 2.45) is 5.90 Å². The molecule has 0 saturated heterocycles. The van der Waals surface area contributed by atoms with E-state index < -0.39 is 0 Å². The Hall–Kier alpha value is 0.828. The van der Waals surface area contributed by atoms with E-state index in [1.54, 1.807) is 0 Å². The third kappa shape index (κ3) is 13.8. The summed E-state index contributed by atoms with van der Waals surface area (Å²) in [6.07, 6.45) is 0. The molecule has 0 aromatic carbocycles. The van der Waals surface area contributed by atoms with Crippen molar-refractivity contribution in [3.05, 3.63) is 0 Å². The Morgan fingerprint density at radius 1 is 1.50 bits per heavy atom. The molecule has 4 heavy (non-hydrogen) atoms. The van der Waals surface area contributed by atoms with Gasteiger partial charge in [-0.05, 0) is 0 Å². The fraction of sp³-hybridized carbons (Fsp3) is 0. The predicted molar refractivity (Wildman–Crippen MR) is 13.6 cm³/mol. The van der Waals surface area contributed by atoms with E-state index in [4.69, 9.17) is 5.21 Å². The molecule has 0 rings (SSSR count). The van der Waals surface area contributed by atoms with Crippen molar-refractivity contribution in [3.63, 3.8) is 0 Å². The number of rotatable bonds is 0. The van der Waals surface area contributed by atoms with Gasteiger partial charge in [-0.2, -0.15) is 0 Å². The Morgan fingerprint density at radius 2 is 1.50 bits per heavy atom. The first kappa shape index (κ1) is 8.85. The van der Waals surface area contributed by atoms with Gasteiger partial charge in [0.15, 0.2) is 0 Å². The second-order valence-corrected chi connectivity index (χ2v) is 0. The zero-order valence-corrected chi connectivity index (χ0v) is 4.66. The first-order valence-corrected chi connectivity index (χ1v) is 3.22. The molecule has 0 fully saturated rings. The summed E-state index contributed by atoms with van der Waals surface area (Å²) in [5, 5.41) is 6.50. The summed E-state index contributed by atoms with van der Waals surface area (Å²) in [4.78, 5) is 0. The van der Waals surface area contributed by atoms with Gasteiger partial charge in [-0.3, -0.25) is 0 Å². The van der Waals surface area contributed by atoms with Gasteiger partial charge in [0.25, 0.3) is 0 Å². The van der Waals surface area contributed by atoms with Crippen LogP contribution in [-0.4, -0.2) is 5.21 Å². The van der Waals surface area contributed by atoms with E-state index in [1.165, 1.54) is 18.0 Å². The van der Waals surface area contributed by atoms with E-state index in [0.717, 1.165) is 0 Å². The van der Waals surface area contributed by atoms with Crippen molar-refractivity contribution in [2.75, 3.05) is 0 Å². The Labute approximate surface area is 39.3 Å². The van der Waals surface area contributed by atoms with Crippen molar-refractivity contribution in [1.29, 1.82) is 0 Å². The van der Waals surface area contributed by atoms with E-state index in [1.807, 2.05) is 0 Å². The van der Waals surface area contributed by atoms with E-state index in [9.17, 15) is 0 Å².